The smallest absolute Gasteiger partial charge is 0.341 e. The molecular formula is C25H20O9. The summed E-state index contributed by atoms with van der Waals surface area (Å²) in [6.07, 6.45) is -0.422. The Kier molecular flexibility index (Phi) is 5.70. The first kappa shape index (κ1) is 22.8. The Hall–Kier alpha value is -4.40. The van der Waals surface area contributed by atoms with Gasteiger partial charge in [-0.25, -0.2) is 4.79 Å². The van der Waals surface area contributed by atoms with E-state index in [2.05, 4.69) is 4.74 Å². The molecule has 0 aliphatic heterocycles. The maximum Gasteiger partial charge on any atom is 0.341 e. The highest BCUT2D eigenvalue weighted by Crippen LogP contribution is 2.45. The van der Waals surface area contributed by atoms with Crippen molar-refractivity contribution in [2.24, 2.45) is 0 Å². The van der Waals surface area contributed by atoms with Gasteiger partial charge < -0.3 is 24.1 Å². The largest absolute Gasteiger partial charge is 0.506 e. The molecule has 3 aromatic rings. The lowest BCUT2D eigenvalue weighted by Gasteiger charge is -2.24. The first-order chi connectivity index (χ1) is 16.3. The third-order valence-corrected chi connectivity index (χ3v) is 5.78. The highest BCUT2D eigenvalue weighted by atomic mass is 16.5. The minimum absolute atomic E-state index is 0.00558. The Morgan fingerprint density at radius 3 is 2.21 bits per heavy atom. The fourth-order valence-electron chi connectivity index (χ4n) is 4.26. The molecule has 4 rings (SSSR count). The van der Waals surface area contributed by atoms with Gasteiger partial charge >= 0.3 is 11.9 Å². The monoisotopic (exact) mass is 464 g/mol. The summed E-state index contributed by atoms with van der Waals surface area (Å²) in [7, 11) is 5.07. The van der Waals surface area contributed by atoms with Crippen LogP contribution >= 0.6 is 0 Å². The van der Waals surface area contributed by atoms with Gasteiger partial charge in [0.1, 0.15) is 22.8 Å². The number of aromatic hydroxyl groups is 1. The van der Waals surface area contributed by atoms with Crippen LogP contribution < -0.4 is 9.47 Å². The quantitative estimate of drug-likeness (QED) is 0.444. The van der Waals surface area contributed by atoms with E-state index in [-0.39, 0.29) is 33.6 Å². The molecule has 34 heavy (non-hydrogen) atoms. The molecule has 0 heterocycles. The van der Waals surface area contributed by atoms with E-state index in [0.29, 0.717) is 16.5 Å². The van der Waals surface area contributed by atoms with E-state index < -0.39 is 41.2 Å². The van der Waals surface area contributed by atoms with Gasteiger partial charge in [0.25, 0.3) is 0 Å². The predicted molar refractivity (Wildman–Crippen MR) is 119 cm³/mol. The maximum absolute atomic E-state index is 13.7. The topological polar surface area (TPSA) is 125 Å². The molecule has 0 spiro atoms. The number of rotatable bonds is 5. The number of carbonyl (C=O) groups excluding carboxylic acids is 4. The molecule has 0 fully saturated rings. The van der Waals surface area contributed by atoms with Crippen LogP contribution in [0.1, 0.15) is 47.8 Å². The van der Waals surface area contributed by atoms with Gasteiger partial charge in [0, 0.05) is 11.1 Å². The van der Waals surface area contributed by atoms with E-state index in [4.69, 9.17) is 14.2 Å². The number of benzene rings is 3. The van der Waals surface area contributed by atoms with Crippen LogP contribution in [-0.2, 0) is 20.7 Å². The number of hydrogen-bond donors (Lipinski definition) is 1. The van der Waals surface area contributed by atoms with Crippen molar-refractivity contribution in [1.82, 2.24) is 0 Å². The molecule has 0 saturated heterocycles. The second-order valence-corrected chi connectivity index (χ2v) is 7.48. The van der Waals surface area contributed by atoms with E-state index in [9.17, 15) is 24.3 Å². The summed E-state index contributed by atoms with van der Waals surface area (Å²) in [5, 5.41) is 12.1. The van der Waals surface area contributed by atoms with Crippen molar-refractivity contribution in [1.29, 1.82) is 0 Å². The average molecular weight is 464 g/mol. The molecule has 0 amide bonds. The first-order valence-corrected chi connectivity index (χ1v) is 10.1. The lowest BCUT2D eigenvalue weighted by atomic mass is 9.79. The van der Waals surface area contributed by atoms with Gasteiger partial charge in [-0.1, -0.05) is 12.1 Å². The summed E-state index contributed by atoms with van der Waals surface area (Å²) in [6, 6.07) is 7.95. The zero-order valence-electron chi connectivity index (χ0n) is 18.8. The van der Waals surface area contributed by atoms with Gasteiger partial charge in [-0.05, 0) is 29.1 Å². The highest BCUT2D eigenvalue weighted by molar-refractivity contribution is 6.32. The molecule has 0 saturated carbocycles. The number of ether oxygens (including phenoxy) is 4. The lowest BCUT2D eigenvalue weighted by molar-refractivity contribution is -0.139. The molecular weight excluding hydrogens is 444 g/mol. The van der Waals surface area contributed by atoms with Crippen LogP contribution in [0.2, 0.25) is 0 Å². The molecule has 1 aliphatic rings. The summed E-state index contributed by atoms with van der Waals surface area (Å²) in [6.45, 7) is 0. The minimum Gasteiger partial charge on any atom is -0.506 e. The first-order valence-electron chi connectivity index (χ1n) is 10.1. The molecule has 9 nitrogen and oxygen atoms in total. The summed E-state index contributed by atoms with van der Waals surface area (Å²) in [5.74, 6) is -3.21. The van der Waals surface area contributed by atoms with Gasteiger partial charge in [-0.15, -0.1) is 0 Å². The number of methoxy groups -OCH3 is 4. The van der Waals surface area contributed by atoms with Crippen molar-refractivity contribution in [2.45, 2.75) is 6.42 Å². The number of phenolic OH excluding ortho intramolecular Hbond substituents is 1. The normalized spacial score (nSPS) is 12.1. The molecule has 9 heteroatoms. The van der Waals surface area contributed by atoms with Crippen molar-refractivity contribution in [2.75, 3.05) is 28.4 Å². The van der Waals surface area contributed by atoms with Crippen LogP contribution in [0.5, 0.6) is 17.2 Å². The van der Waals surface area contributed by atoms with Crippen LogP contribution in [0.25, 0.3) is 10.8 Å². The van der Waals surface area contributed by atoms with Crippen LogP contribution in [0.4, 0.5) is 0 Å². The van der Waals surface area contributed by atoms with Crippen LogP contribution in [0.15, 0.2) is 30.3 Å². The Balaban J connectivity index is 2.07. The summed E-state index contributed by atoms with van der Waals surface area (Å²) in [5.41, 5.74) is -0.930. The van der Waals surface area contributed by atoms with Crippen molar-refractivity contribution in [3.63, 3.8) is 0 Å². The van der Waals surface area contributed by atoms with Gasteiger partial charge in [-0.2, -0.15) is 0 Å². The second kappa shape index (κ2) is 8.51. The molecule has 174 valence electrons. The van der Waals surface area contributed by atoms with E-state index in [1.165, 1.54) is 20.3 Å². The molecule has 0 radical (unpaired) electrons. The second-order valence-electron chi connectivity index (χ2n) is 7.48. The molecule has 0 unspecified atom stereocenters. The minimum atomic E-state index is -0.975. The van der Waals surface area contributed by atoms with E-state index in [1.807, 2.05) is 0 Å². The van der Waals surface area contributed by atoms with Crippen LogP contribution in [0, 0.1) is 0 Å². The molecule has 1 N–H and O–H groups in total. The third kappa shape index (κ3) is 3.24. The molecule has 0 bridgehead atoms. The Morgan fingerprint density at radius 1 is 0.882 bits per heavy atom. The van der Waals surface area contributed by atoms with E-state index in [0.717, 1.165) is 14.2 Å². The van der Waals surface area contributed by atoms with Crippen LogP contribution in [0.3, 0.4) is 0 Å². The predicted octanol–water partition coefficient (Wildman–Crippen LogP) is 2.84. The number of ketones is 2. The summed E-state index contributed by atoms with van der Waals surface area (Å²) in [4.78, 5) is 51.6. The summed E-state index contributed by atoms with van der Waals surface area (Å²) >= 11 is 0. The number of phenols is 1. The van der Waals surface area contributed by atoms with Crippen LogP contribution in [-0.4, -0.2) is 57.1 Å². The lowest BCUT2D eigenvalue weighted by Crippen LogP contribution is -2.24. The van der Waals surface area contributed by atoms with Crippen molar-refractivity contribution >= 4 is 34.3 Å². The molecule has 0 aromatic heterocycles. The fourth-order valence-corrected chi connectivity index (χ4v) is 4.26. The zero-order chi connectivity index (χ0) is 24.7. The van der Waals surface area contributed by atoms with Crippen molar-refractivity contribution < 1.29 is 43.2 Å². The third-order valence-electron chi connectivity index (χ3n) is 5.78. The maximum atomic E-state index is 13.7. The number of hydrogen-bond acceptors (Lipinski definition) is 9. The van der Waals surface area contributed by atoms with Crippen molar-refractivity contribution in [3.8, 4) is 17.2 Å². The number of fused-ring (bicyclic) bond motifs is 3. The van der Waals surface area contributed by atoms with E-state index in [1.54, 1.807) is 24.3 Å². The Bertz CT molecular complexity index is 1400. The van der Waals surface area contributed by atoms with E-state index >= 15 is 0 Å². The van der Waals surface area contributed by atoms with Gasteiger partial charge in [0.2, 0.25) is 5.78 Å². The zero-order valence-corrected chi connectivity index (χ0v) is 18.8. The fraction of sp³-hybridized carbons (Fsp3) is 0.200. The van der Waals surface area contributed by atoms with Gasteiger partial charge in [-0.3, -0.25) is 14.4 Å². The van der Waals surface area contributed by atoms with Gasteiger partial charge in [0.05, 0.1) is 51.4 Å². The molecule has 3 aromatic carbocycles. The number of esters is 2. The Morgan fingerprint density at radius 2 is 1.59 bits per heavy atom. The number of carbonyl (C=O) groups is 4. The van der Waals surface area contributed by atoms with Gasteiger partial charge in [0.15, 0.2) is 5.78 Å². The van der Waals surface area contributed by atoms with Crippen molar-refractivity contribution in [3.05, 3.63) is 63.7 Å². The standard InChI is InChI=1S/C25H20O9/c1-31-15-7-5-6-11-8-14-20(24(33-3)17(11)15)23(29)19-13(21(14)27)9-12(10-16(26)32-2)18(22(19)28)25(30)34-4/h5-9,28H,10H2,1-4H3. The SMILES string of the molecule is COC(=O)Cc1cc2c(c(O)c1C(=O)OC)C(=O)c1c(cc3cccc(OC)c3c1OC)C2=O. The summed E-state index contributed by atoms with van der Waals surface area (Å²) < 4.78 is 20.4. The average Bonchev–Trinajstić information content (AvgIpc) is 2.84. The molecule has 1 aliphatic carbocycles. The Labute approximate surface area is 193 Å². The molecule has 0 atom stereocenters. The highest BCUT2D eigenvalue weighted by Gasteiger charge is 2.39.